The molecule has 0 radical (unpaired) electrons. The van der Waals surface area contributed by atoms with E-state index in [4.69, 9.17) is 0 Å². The standard InChI is InChI=1S/C20H19F3N6O/c1-10-6-13(14(21)8-24-10)19(30)28-11-2-4-12(16(28)5-3-11)17-7-15(18(22)23)27-20-25-9-26-29(17)20/h6-9,11-12,16,18H,2-5H2,1H3/t11-,12-,16-/m1/s1. The number of halogens is 3. The molecule has 0 aliphatic carbocycles. The van der Waals surface area contributed by atoms with Crippen LogP contribution >= 0.6 is 0 Å². The Hall–Kier alpha value is -3.04. The van der Waals surface area contributed by atoms with Gasteiger partial charge in [-0.2, -0.15) is 10.1 Å². The van der Waals surface area contributed by atoms with E-state index in [0.717, 1.165) is 25.5 Å². The summed E-state index contributed by atoms with van der Waals surface area (Å²) in [7, 11) is 0. The highest BCUT2D eigenvalue weighted by Gasteiger charge is 2.46. The number of aromatic nitrogens is 5. The number of rotatable bonds is 3. The van der Waals surface area contributed by atoms with Crippen molar-refractivity contribution in [2.24, 2.45) is 0 Å². The van der Waals surface area contributed by atoms with Gasteiger partial charge in [-0.1, -0.05) is 0 Å². The maximum atomic E-state index is 14.4. The first-order valence-corrected chi connectivity index (χ1v) is 9.87. The Bertz CT molecular complexity index is 1130. The van der Waals surface area contributed by atoms with Crippen molar-refractivity contribution in [1.82, 2.24) is 29.5 Å². The van der Waals surface area contributed by atoms with E-state index in [2.05, 4.69) is 20.1 Å². The predicted octanol–water partition coefficient (Wildman–Crippen LogP) is 3.46. The number of carbonyl (C=O) groups excluding carboxylic acids is 1. The molecule has 2 fully saturated rings. The lowest BCUT2D eigenvalue weighted by Gasteiger charge is -2.40. The maximum absolute atomic E-state index is 14.4. The molecular formula is C20H19F3N6O. The molecule has 30 heavy (non-hydrogen) atoms. The van der Waals surface area contributed by atoms with Gasteiger partial charge in [-0.25, -0.2) is 22.7 Å². The van der Waals surface area contributed by atoms with Crippen molar-refractivity contribution in [2.45, 2.75) is 57.0 Å². The van der Waals surface area contributed by atoms with Crippen LogP contribution in [0.4, 0.5) is 13.2 Å². The van der Waals surface area contributed by atoms with Gasteiger partial charge in [0.1, 0.15) is 12.0 Å². The van der Waals surface area contributed by atoms with E-state index >= 15 is 0 Å². The number of hydrogen-bond acceptors (Lipinski definition) is 5. The Labute approximate surface area is 170 Å². The third-order valence-electron chi connectivity index (χ3n) is 6.18. The van der Waals surface area contributed by atoms with Gasteiger partial charge < -0.3 is 4.90 Å². The third kappa shape index (κ3) is 2.93. The van der Waals surface area contributed by atoms with Crippen LogP contribution in [0.25, 0.3) is 5.78 Å². The quantitative estimate of drug-likeness (QED) is 0.654. The van der Waals surface area contributed by atoms with Gasteiger partial charge in [-0.05, 0) is 44.7 Å². The average Bonchev–Trinajstić information content (AvgIpc) is 3.32. The van der Waals surface area contributed by atoms with Gasteiger partial charge in [-0.3, -0.25) is 9.78 Å². The summed E-state index contributed by atoms with van der Waals surface area (Å²) in [4.78, 5) is 26.8. The topological polar surface area (TPSA) is 76.3 Å². The summed E-state index contributed by atoms with van der Waals surface area (Å²) in [6, 6.07) is 2.59. The summed E-state index contributed by atoms with van der Waals surface area (Å²) in [6.45, 7) is 1.70. The molecule has 5 rings (SSSR count). The van der Waals surface area contributed by atoms with Crippen LogP contribution in [0.1, 0.15) is 65.5 Å². The molecule has 2 aliphatic rings. The van der Waals surface area contributed by atoms with Crippen LogP contribution < -0.4 is 0 Å². The number of fused-ring (bicyclic) bond motifs is 3. The number of hydrogen-bond donors (Lipinski definition) is 0. The molecule has 0 aromatic carbocycles. The third-order valence-corrected chi connectivity index (χ3v) is 6.18. The van der Waals surface area contributed by atoms with Crippen LogP contribution in [0.15, 0.2) is 24.7 Å². The van der Waals surface area contributed by atoms with Gasteiger partial charge in [0.05, 0.1) is 17.5 Å². The Kier molecular flexibility index (Phi) is 4.44. The van der Waals surface area contributed by atoms with Gasteiger partial charge in [0.2, 0.25) is 0 Å². The van der Waals surface area contributed by atoms with Crippen molar-refractivity contribution in [3.63, 3.8) is 0 Å². The number of pyridine rings is 1. The molecule has 2 aliphatic heterocycles. The summed E-state index contributed by atoms with van der Waals surface area (Å²) in [6.07, 6.45) is 2.54. The van der Waals surface area contributed by atoms with Crippen LogP contribution in [0, 0.1) is 12.7 Å². The molecule has 2 bridgehead atoms. The fraction of sp³-hybridized carbons (Fsp3) is 0.450. The minimum absolute atomic E-state index is 0.00560. The van der Waals surface area contributed by atoms with Crippen molar-refractivity contribution >= 4 is 11.7 Å². The molecule has 0 spiro atoms. The average molecular weight is 416 g/mol. The number of carbonyl (C=O) groups is 1. The Morgan fingerprint density at radius 3 is 2.77 bits per heavy atom. The molecule has 2 saturated heterocycles. The van der Waals surface area contributed by atoms with Crippen molar-refractivity contribution in [3.05, 3.63) is 53.1 Å². The molecule has 0 unspecified atom stereocenters. The van der Waals surface area contributed by atoms with Gasteiger partial charge in [-0.15, -0.1) is 0 Å². The van der Waals surface area contributed by atoms with Crippen molar-refractivity contribution in [1.29, 1.82) is 0 Å². The van der Waals surface area contributed by atoms with E-state index in [9.17, 15) is 18.0 Å². The second-order valence-electron chi connectivity index (χ2n) is 7.88. The normalized spacial score (nSPS) is 23.5. The van der Waals surface area contributed by atoms with Gasteiger partial charge in [0, 0.05) is 23.7 Å². The fourth-order valence-electron chi connectivity index (χ4n) is 4.89. The van der Waals surface area contributed by atoms with E-state index in [-0.39, 0.29) is 40.9 Å². The molecule has 5 heterocycles. The number of nitrogens with zero attached hydrogens (tertiary/aromatic N) is 6. The van der Waals surface area contributed by atoms with Gasteiger partial charge in [0.25, 0.3) is 18.1 Å². The molecular weight excluding hydrogens is 397 g/mol. The monoisotopic (exact) mass is 416 g/mol. The molecule has 156 valence electrons. The van der Waals surface area contributed by atoms with E-state index in [1.165, 1.54) is 23.0 Å². The fourth-order valence-corrected chi connectivity index (χ4v) is 4.89. The Morgan fingerprint density at radius 1 is 1.17 bits per heavy atom. The van der Waals surface area contributed by atoms with Crippen LogP contribution in [-0.2, 0) is 0 Å². The molecule has 0 N–H and O–H groups in total. The number of alkyl halides is 2. The molecule has 3 aromatic heterocycles. The zero-order valence-electron chi connectivity index (χ0n) is 16.2. The van der Waals surface area contributed by atoms with E-state index < -0.39 is 12.2 Å². The number of amides is 1. The van der Waals surface area contributed by atoms with Crippen LogP contribution in [0.5, 0.6) is 0 Å². The molecule has 7 nitrogen and oxygen atoms in total. The lowest BCUT2D eigenvalue weighted by Crippen LogP contribution is -2.48. The number of piperidine rings is 1. The first-order chi connectivity index (χ1) is 14.4. The SMILES string of the molecule is Cc1cc(C(=O)N2[C@H]3CC[C@@H]2[C@H](c2cc(C(F)F)nc4ncnn24)CC3)c(F)cn1. The highest BCUT2D eigenvalue weighted by Crippen LogP contribution is 2.45. The first-order valence-electron chi connectivity index (χ1n) is 9.87. The number of aryl methyl sites for hydroxylation is 1. The Morgan fingerprint density at radius 2 is 1.97 bits per heavy atom. The lowest BCUT2D eigenvalue weighted by atomic mass is 9.86. The molecule has 1 amide bonds. The zero-order chi connectivity index (χ0) is 21.0. The molecule has 3 aromatic rings. The summed E-state index contributed by atoms with van der Waals surface area (Å²) in [5.41, 5.74) is 0.747. The summed E-state index contributed by atoms with van der Waals surface area (Å²) >= 11 is 0. The maximum Gasteiger partial charge on any atom is 0.280 e. The van der Waals surface area contributed by atoms with E-state index in [0.29, 0.717) is 17.8 Å². The molecule has 3 atom stereocenters. The van der Waals surface area contributed by atoms with E-state index in [1.807, 2.05) is 0 Å². The second-order valence-corrected chi connectivity index (χ2v) is 7.88. The largest absolute Gasteiger partial charge is 0.332 e. The highest BCUT2D eigenvalue weighted by atomic mass is 19.3. The van der Waals surface area contributed by atoms with E-state index in [1.54, 1.807) is 11.8 Å². The molecule has 0 saturated carbocycles. The minimum atomic E-state index is -2.74. The van der Waals surface area contributed by atoms with Crippen molar-refractivity contribution < 1.29 is 18.0 Å². The van der Waals surface area contributed by atoms with Crippen LogP contribution in [-0.4, -0.2) is 47.5 Å². The second kappa shape index (κ2) is 7.03. The summed E-state index contributed by atoms with van der Waals surface area (Å²) in [5, 5.41) is 4.16. The lowest BCUT2D eigenvalue weighted by molar-refractivity contribution is 0.0548. The van der Waals surface area contributed by atoms with Crippen LogP contribution in [0.3, 0.4) is 0 Å². The first kappa shape index (κ1) is 19.0. The van der Waals surface area contributed by atoms with Crippen LogP contribution in [0.2, 0.25) is 0 Å². The smallest absolute Gasteiger partial charge is 0.280 e. The van der Waals surface area contributed by atoms with Gasteiger partial charge in [0.15, 0.2) is 5.82 Å². The predicted molar refractivity (Wildman–Crippen MR) is 99.6 cm³/mol. The highest BCUT2D eigenvalue weighted by molar-refractivity contribution is 5.95. The summed E-state index contributed by atoms with van der Waals surface area (Å²) < 4.78 is 42.6. The minimum Gasteiger partial charge on any atom is -0.332 e. The molecule has 10 heteroatoms. The van der Waals surface area contributed by atoms with Crippen molar-refractivity contribution in [2.75, 3.05) is 0 Å². The summed E-state index contributed by atoms with van der Waals surface area (Å²) in [5.74, 6) is -1.15. The van der Waals surface area contributed by atoms with Crippen molar-refractivity contribution in [3.8, 4) is 0 Å². The Balaban J connectivity index is 1.56. The zero-order valence-corrected chi connectivity index (χ0v) is 16.2. The van der Waals surface area contributed by atoms with Gasteiger partial charge >= 0.3 is 0 Å².